The van der Waals surface area contributed by atoms with Crippen LogP contribution in [0.2, 0.25) is 0 Å². The maximum absolute atomic E-state index is 11.0. The van der Waals surface area contributed by atoms with Crippen LogP contribution in [-0.4, -0.2) is 22.0 Å². The van der Waals surface area contributed by atoms with Crippen LogP contribution >= 0.6 is 12.2 Å². The molecule has 2 heterocycles. The van der Waals surface area contributed by atoms with Crippen molar-refractivity contribution in [1.82, 2.24) is 14.9 Å². The molecule has 1 aromatic heterocycles. The lowest BCUT2D eigenvalue weighted by Crippen LogP contribution is -2.35. The number of aromatic nitrogens is 2. The zero-order chi connectivity index (χ0) is 10.1. The van der Waals surface area contributed by atoms with Crippen molar-refractivity contribution >= 4 is 18.1 Å². The number of rotatable bonds is 1. The summed E-state index contributed by atoms with van der Waals surface area (Å²) < 4.78 is 2.77. The van der Waals surface area contributed by atoms with Crippen molar-refractivity contribution in [3.8, 4) is 0 Å². The average Bonchev–Trinajstić information content (AvgIpc) is 2.47. The number of aryl methyl sites for hydroxylation is 1. The van der Waals surface area contributed by atoms with Gasteiger partial charge in [-0.15, -0.1) is 0 Å². The number of H-pyrrole nitrogens is 1. The monoisotopic (exact) mass is 211 g/mol. The second-order valence-corrected chi connectivity index (χ2v) is 4.03. The van der Waals surface area contributed by atoms with Gasteiger partial charge in [-0.2, -0.15) is 0 Å². The Morgan fingerprint density at radius 3 is 2.93 bits per heavy atom. The van der Waals surface area contributed by atoms with Crippen LogP contribution in [-0.2, 0) is 4.79 Å². The molecule has 1 aromatic rings. The Labute approximate surface area is 87.3 Å². The summed E-state index contributed by atoms with van der Waals surface area (Å²) in [5, 5.41) is 2.85. The third-order valence-corrected chi connectivity index (χ3v) is 2.82. The number of piperidine rings is 1. The number of nitrogens with one attached hydrogen (secondary N) is 2. The maximum atomic E-state index is 11.0. The zero-order valence-electron chi connectivity index (χ0n) is 8.04. The molecule has 1 amide bonds. The molecule has 0 bridgehead atoms. The fourth-order valence-electron chi connectivity index (χ4n) is 1.76. The first-order chi connectivity index (χ1) is 6.66. The van der Waals surface area contributed by atoms with Gasteiger partial charge in [0.25, 0.3) is 0 Å². The first-order valence-corrected chi connectivity index (χ1v) is 5.12. The van der Waals surface area contributed by atoms with E-state index in [0.29, 0.717) is 19.0 Å². The van der Waals surface area contributed by atoms with E-state index in [9.17, 15) is 4.79 Å². The minimum atomic E-state index is 0.139. The van der Waals surface area contributed by atoms with E-state index in [1.165, 1.54) is 0 Å². The molecule has 0 saturated carbocycles. The van der Waals surface area contributed by atoms with Crippen molar-refractivity contribution in [3.05, 3.63) is 16.7 Å². The van der Waals surface area contributed by atoms with Crippen LogP contribution in [0.3, 0.4) is 0 Å². The predicted octanol–water partition coefficient (Wildman–Crippen LogP) is 1.31. The van der Waals surface area contributed by atoms with Gasteiger partial charge in [-0.1, -0.05) is 0 Å². The summed E-state index contributed by atoms with van der Waals surface area (Å²) in [7, 11) is 0. The van der Waals surface area contributed by atoms with Crippen molar-refractivity contribution < 1.29 is 4.79 Å². The molecular weight excluding hydrogens is 198 g/mol. The fourth-order valence-corrected chi connectivity index (χ4v) is 2.12. The van der Waals surface area contributed by atoms with E-state index in [2.05, 4.69) is 10.3 Å². The summed E-state index contributed by atoms with van der Waals surface area (Å²) in [5.41, 5.74) is 1.06. The smallest absolute Gasteiger partial charge is 0.220 e. The molecular formula is C9H13N3OS. The minimum absolute atomic E-state index is 0.139. The topological polar surface area (TPSA) is 49.8 Å². The van der Waals surface area contributed by atoms with Gasteiger partial charge in [0.2, 0.25) is 5.91 Å². The zero-order valence-corrected chi connectivity index (χ0v) is 8.86. The van der Waals surface area contributed by atoms with Crippen molar-refractivity contribution in [2.75, 3.05) is 6.54 Å². The number of aromatic amines is 1. The molecule has 76 valence electrons. The molecule has 4 nitrogen and oxygen atoms in total. The molecule has 0 aliphatic carbocycles. The quantitative estimate of drug-likeness (QED) is 0.688. The number of imidazole rings is 1. The van der Waals surface area contributed by atoms with E-state index in [0.717, 1.165) is 16.9 Å². The van der Waals surface area contributed by atoms with Gasteiger partial charge < -0.3 is 14.9 Å². The molecule has 1 unspecified atom stereocenters. The van der Waals surface area contributed by atoms with Crippen molar-refractivity contribution in [1.29, 1.82) is 0 Å². The van der Waals surface area contributed by atoms with Crippen molar-refractivity contribution in [2.45, 2.75) is 25.8 Å². The summed E-state index contributed by atoms with van der Waals surface area (Å²) in [4.78, 5) is 14.1. The van der Waals surface area contributed by atoms with Gasteiger partial charge in [-0.25, -0.2) is 0 Å². The molecule has 0 spiro atoms. The second kappa shape index (κ2) is 3.57. The first kappa shape index (κ1) is 9.45. The Morgan fingerprint density at radius 2 is 2.43 bits per heavy atom. The van der Waals surface area contributed by atoms with Crippen LogP contribution in [0.4, 0.5) is 0 Å². The highest BCUT2D eigenvalue weighted by atomic mass is 32.1. The Bertz CT molecular complexity index is 396. The number of hydrogen-bond donors (Lipinski definition) is 2. The third-order valence-electron chi connectivity index (χ3n) is 2.50. The van der Waals surface area contributed by atoms with E-state index < -0.39 is 0 Å². The molecule has 1 aliphatic heterocycles. The SMILES string of the molecule is Cc1cn(C2CCC(=O)NC2)c(=S)[nH]1. The lowest BCUT2D eigenvalue weighted by molar-refractivity contribution is -0.122. The Balaban J connectivity index is 2.19. The van der Waals surface area contributed by atoms with Gasteiger partial charge in [-0.3, -0.25) is 4.79 Å². The molecule has 0 radical (unpaired) electrons. The third kappa shape index (κ3) is 1.72. The highest BCUT2D eigenvalue weighted by molar-refractivity contribution is 7.71. The second-order valence-electron chi connectivity index (χ2n) is 3.65. The highest BCUT2D eigenvalue weighted by Gasteiger charge is 2.19. The van der Waals surface area contributed by atoms with Gasteiger partial charge in [-0.05, 0) is 25.6 Å². The summed E-state index contributed by atoms with van der Waals surface area (Å²) in [6.07, 6.45) is 3.47. The molecule has 14 heavy (non-hydrogen) atoms. The molecule has 2 rings (SSSR count). The highest BCUT2D eigenvalue weighted by Crippen LogP contribution is 2.17. The number of carbonyl (C=O) groups excluding carboxylic acids is 1. The molecule has 1 saturated heterocycles. The van der Waals surface area contributed by atoms with Crippen molar-refractivity contribution in [3.63, 3.8) is 0 Å². The number of hydrogen-bond acceptors (Lipinski definition) is 2. The first-order valence-electron chi connectivity index (χ1n) is 4.71. The van der Waals surface area contributed by atoms with Crippen LogP contribution in [0, 0.1) is 11.7 Å². The molecule has 1 fully saturated rings. The van der Waals surface area contributed by atoms with Crippen LogP contribution in [0.1, 0.15) is 24.6 Å². The number of carbonyl (C=O) groups is 1. The van der Waals surface area contributed by atoms with Crippen LogP contribution < -0.4 is 5.32 Å². The molecule has 5 heteroatoms. The van der Waals surface area contributed by atoms with Crippen LogP contribution in [0.15, 0.2) is 6.20 Å². The molecule has 2 N–H and O–H groups in total. The summed E-state index contributed by atoms with van der Waals surface area (Å²) in [5.74, 6) is 0.139. The minimum Gasteiger partial charge on any atom is -0.354 e. The van der Waals surface area contributed by atoms with Gasteiger partial charge in [0.15, 0.2) is 4.77 Å². The Morgan fingerprint density at radius 1 is 1.64 bits per heavy atom. The van der Waals surface area contributed by atoms with E-state index in [4.69, 9.17) is 12.2 Å². The maximum Gasteiger partial charge on any atom is 0.220 e. The standard InChI is InChI=1S/C9H13N3OS/c1-6-5-12(9(14)11-6)7-2-3-8(13)10-4-7/h5,7H,2-4H2,1H3,(H,10,13)(H,11,14). The van der Waals surface area contributed by atoms with Gasteiger partial charge in [0, 0.05) is 24.9 Å². The summed E-state index contributed by atoms with van der Waals surface area (Å²) >= 11 is 5.18. The van der Waals surface area contributed by atoms with E-state index in [1.54, 1.807) is 0 Å². The predicted molar refractivity (Wildman–Crippen MR) is 55.6 cm³/mol. The van der Waals surface area contributed by atoms with Gasteiger partial charge in [0.1, 0.15) is 0 Å². The normalized spacial score (nSPS) is 22.1. The van der Waals surface area contributed by atoms with E-state index >= 15 is 0 Å². The molecule has 1 atom stereocenters. The van der Waals surface area contributed by atoms with Crippen LogP contribution in [0.5, 0.6) is 0 Å². The largest absolute Gasteiger partial charge is 0.354 e. The summed E-state index contributed by atoms with van der Waals surface area (Å²) in [6, 6.07) is 0.310. The van der Waals surface area contributed by atoms with Gasteiger partial charge >= 0.3 is 0 Å². The lowest BCUT2D eigenvalue weighted by atomic mass is 10.1. The average molecular weight is 211 g/mol. The molecule has 1 aliphatic rings. The van der Waals surface area contributed by atoms with Gasteiger partial charge in [0.05, 0.1) is 6.04 Å². The van der Waals surface area contributed by atoms with Crippen molar-refractivity contribution in [2.24, 2.45) is 0 Å². The Hall–Kier alpha value is -1.10. The van der Waals surface area contributed by atoms with Crippen LogP contribution in [0.25, 0.3) is 0 Å². The number of nitrogens with zero attached hydrogens (tertiary/aromatic N) is 1. The number of amides is 1. The van der Waals surface area contributed by atoms with E-state index in [-0.39, 0.29) is 5.91 Å². The Kier molecular flexibility index (Phi) is 2.41. The summed E-state index contributed by atoms with van der Waals surface area (Å²) in [6.45, 7) is 2.66. The van der Waals surface area contributed by atoms with E-state index in [1.807, 2.05) is 17.7 Å². The molecule has 0 aromatic carbocycles. The fraction of sp³-hybridized carbons (Fsp3) is 0.556. The lowest BCUT2D eigenvalue weighted by Gasteiger charge is -2.23.